The fourth-order valence-corrected chi connectivity index (χ4v) is 3.16. The summed E-state index contributed by atoms with van der Waals surface area (Å²) in [5, 5.41) is 0. The van der Waals surface area contributed by atoms with Gasteiger partial charge in [-0.05, 0) is 39.2 Å². The lowest BCUT2D eigenvalue weighted by Crippen LogP contribution is -2.54. The minimum absolute atomic E-state index is 0.205. The molecular weight excluding hydrogens is 196 g/mol. The van der Waals surface area contributed by atoms with Crippen LogP contribution in [0.25, 0.3) is 0 Å². The van der Waals surface area contributed by atoms with Gasteiger partial charge in [-0.1, -0.05) is 33.1 Å². The van der Waals surface area contributed by atoms with E-state index in [4.69, 9.17) is 5.73 Å². The molecule has 0 saturated heterocycles. The molecule has 1 fully saturated rings. The lowest BCUT2D eigenvalue weighted by molar-refractivity contribution is 0.0525. The summed E-state index contributed by atoms with van der Waals surface area (Å²) in [6.45, 7) is 7.75. The first-order valence-electron chi connectivity index (χ1n) is 6.96. The van der Waals surface area contributed by atoms with Gasteiger partial charge in [-0.15, -0.1) is 0 Å². The van der Waals surface area contributed by atoms with Gasteiger partial charge in [0.25, 0.3) is 0 Å². The van der Waals surface area contributed by atoms with Crippen molar-refractivity contribution in [1.82, 2.24) is 4.90 Å². The van der Waals surface area contributed by atoms with Crippen molar-refractivity contribution in [2.24, 2.45) is 11.7 Å². The second-order valence-electron chi connectivity index (χ2n) is 5.99. The summed E-state index contributed by atoms with van der Waals surface area (Å²) in [6, 6.07) is 0.754. The molecule has 96 valence electrons. The quantitative estimate of drug-likeness (QED) is 0.781. The highest BCUT2D eigenvalue weighted by atomic mass is 15.2. The van der Waals surface area contributed by atoms with Crippen LogP contribution in [-0.4, -0.2) is 30.1 Å². The van der Waals surface area contributed by atoms with E-state index in [1.165, 1.54) is 38.5 Å². The van der Waals surface area contributed by atoms with E-state index in [-0.39, 0.29) is 5.54 Å². The SMILES string of the molecule is CCCC(C)(CN)N(C)C1CCCC(C)C1. The van der Waals surface area contributed by atoms with E-state index in [1.54, 1.807) is 0 Å². The zero-order chi connectivity index (χ0) is 12.2. The summed E-state index contributed by atoms with van der Waals surface area (Å²) in [7, 11) is 2.28. The third-order valence-corrected chi connectivity index (χ3v) is 4.54. The second-order valence-corrected chi connectivity index (χ2v) is 5.99. The average molecular weight is 226 g/mol. The zero-order valence-corrected chi connectivity index (χ0v) is 11.6. The van der Waals surface area contributed by atoms with Gasteiger partial charge >= 0.3 is 0 Å². The zero-order valence-electron chi connectivity index (χ0n) is 11.6. The molecule has 3 atom stereocenters. The first-order valence-corrected chi connectivity index (χ1v) is 6.96. The molecule has 0 aromatic heterocycles. The third-order valence-electron chi connectivity index (χ3n) is 4.54. The Hall–Kier alpha value is -0.0800. The molecule has 3 unspecified atom stereocenters. The fourth-order valence-electron chi connectivity index (χ4n) is 3.16. The first-order chi connectivity index (χ1) is 7.53. The van der Waals surface area contributed by atoms with Crippen molar-refractivity contribution in [3.8, 4) is 0 Å². The van der Waals surface area contributed by atoms with Crippen LogP contribution < -0.4 is 5.73 Å². The van der Waals surface area contributed by atoms with Crippen molar-refractivity contribution in [1.29, 1.82) is 0 Å². The van der Waals surface area contributed by atoms with Crippen LogP contribution >= 0.6 is 0 Å². The predicted octanol–water partition coefficient (Wildman–Crippen LogP) is 3.01. The largest absolute Gasteiger partial charge is 0.329 e. The van der Waals surface area contributed by atoms with E-state index in [9.17, 15) is 0 Å². The molecule has 1 rings (SSSR count). The van der Waals surface area contributed by atoms with Crippen LogP contribution in [-0.2, 0) is 0 Å². The Kier molecular flexibility index (Phi) is 5.26. The normalized spacial score (nSPS) is 30.4. The molecule has 0 amide bonds. The Morgan fingerprint density at radius 1 is 1.38 bits per heavy atom. The highest BCUT2D eigenvalue weighted by molar-refractivity contribution is 4.90. The molecule has 0 aromatic rings. The van der Waals surface area contributed by atoms with Crippen LogP contribution in [0.15, 0.2) is 0 Å². The smallest absolute Gasteiger partial charge is 0.0303 e. The third kappa shape index (κ3) is 3.21. The maximum Gasteiger partial charge on any atom is 0.0303 e. The fraction of sp³-hybridized carbons (Fsp3) is 1.00. The number of likely N-dealkylation sites (N-methyl/N-ethyl adjacent to an activating group) is 1. The number of nitrogens with two attached hydrogens (primary N) is 1. The molecular formula is C14H30N2. The minimum atomic E-state index is 0.205. The van der Waals surface area contributed by atoms with Crippen LogP contribution in [0.5, 0.6) is 0 Å². The molecule has 0 bridgehead atoms. The molecule has 16 heavy (non-hydrogen) atoms. The summed E-state index contributed by atoms with van der Waals surface area (Å²) < 4.78 is 0. The summed E-state index contributed by atoms with van der Waals surface area (Å²) in [6.07, 6.45) is 7.96. The number of rotatable bonds is 5. The molecule has 1 saturated carbocycles. The molecule has 0 heterocycles. The van der Waals surface area contributed by atoms with Crippen molar-refractivity contribution in [3.05, 3.63) is 0 Å². The average Bonchev–Trinajstić information content (AvgIpc) is 2.28. The Bertz CT molecular complexity index is 205. The molecule has 2 nitrogen and oxygen atoms in total. The minimum Gasteiger partial charge on any atom is -0.329 e. The van der Waals surface area contributed by atoms with Gasteiger partial charge in [-0.3, -0.25) is 4.90 Å². The van der Waals surface area contributed by atoms with E-state index in [0.29, 0.717) is 0 Å². The van der Waals surface area contributed by atoms with Crippen molar-refractivity contribution in [2.75, 3.05) is 13.6 Å². The molecule has 1 aliphatic carbocycles. The Morgan fingerprint density at radius 2 is 2.06 bits per heavy atom. The summed E-state index contributed by atoms with van der Waals surface area (Å²) >= 11 is 0. The van der Waals surface area contributed by atoms with Gasteiger partial charge in [0.05, 0.1) is 0 Å². The molecule has 2 N–H and O–H groups in total. The standard InChI is InChI=1S/C14H30N2/c1-5-9-14(3,11-15)16(4)13-8-6-7-12(2)10-13/h12-13H,5-11,15H2,1-4H3. The van der Waals surface area contributed by atoms with E-state index >= 15 is 0 Å². The van der Waals surface area contributed by atoms with Crippen molar-refractivity contribution in [3.63, 3.8) is 0 Å². The Labute approximate surface area is 102 Å². The highest BCUT2D eigenvalue weighted by Crippen LogP contribution is 2.31. The highest BCUT2D eigenvalue weighted by Gasteiger charge is 2.33. The van der Waals surface area contributed by atoms with E-state index in [0.717, 1.165) is 18.5 Å². The number of nitrogens with zero attached hydrogens (tertiary/aromatic N) is 1. The van der Waals surface area contributed by atoms with Gasteiger partial charge in [0.2, 0.25) is 0 Å². The maximum atomic E-state index is 5.99. The number of hydrogen-bond acceptors (Lipinski definition) is 2. The predicted molar refractivity (Wildman–Crippen MR) is 71.6 cm³/mol. The van der Waals surface area contributed by atoms with Gasteiger partial charge < -0.3 is 5.73 Å². The van der Waals surface area contributed by atoms with Crippen molar-refractivity contribution >= 4 is 0 Å². The van der Waals surface area contributed by atoms with Gasteiger partial charge in [-0.25, -0.2) is 0 Å². The van der Waals surface area contributed by atoms with Gasteiger partial charge in [0.15, 0.2) is 0 Å². The van der Waals surface area contributed by atoms with E-state index in [2.05, 4.69) is 32.7 Å². The molecule has 0 aliphatic heterocycles. The van der Waals surface area contributed by atoms with Crippen LogP contribution in [0.1, 0.15) is 59.3 Å². The molecule has 0 aromatic carbocycles. The van der Waals surface area contributed by atoms with Gasteiger partial charge in [0.1, 0.15) is 0 Å². The first kappa shape index (κ1) is 14.0. The maximum absolute atomic E-state index is 5.99. The topological polar surface area (TPSA) is 29.3 Å². The van der Waals surface area contributed by atoms with E-state index in [1.807, 2.05) is 0 Å². The molecule has 0 spiro atoms. The van der Waals surface area contributed by atoms with Crippen molar-refractivity contribution in [2.45, 2.75) is 70.9 Å². The second kappa shape index (κ2) is 6.02. The summed E-state index contributed by atoms with van der Waals surface area (Å²) in [5.41, 5.74) is 6.20. The molecule has 1 aliphatic rings. The molecule has 2 heteroatoms. The van der Waals surface area contributed by atoms with E-state index < -0.39 is 0 Å². The monoisotopic (exact) mass is 226 g/mol. The van der Waals surface area contributed by atoms with Gasteiger partial charge in [-0.2, -0.15) is 0 Å². The lowest BCUT2D eigenvalue weighted by atomic mass is 9.83. The van der Waals surface area contributed by atoms with Crippen LogP contribution in [0.4, 0.5) is 0 Å². The summed E-state index contributed by atoms with van der Waals surface area (Å²) in [4.78, 5) is 2.58. The Morgan fingerprint density at radius 3 is 2.56 bits per heavy atom. The van der Waals surface area contributed by atoms with Crippen LogP contribution in [0, 0.1) is 5.92 Å². The van der Waals surface area contributed by atoms with Crippen LogP contribution in [0.2, 0.25) is 0 Å². The summed E-state index contributed by atoms with van der Waals surface area (Å²) in [5.74, 6) is 0.893. The van der Waals surface area contributed by atoms with Crippen LogP contribution in [0.3, 0.4) is 0 Å². The van der Waals surface area contributed by atoms with Crippen molar-refractivity contribution < 1.29 is 0 Å². The number of hydrogen-bond donors (Lipinski definition) is 1. The molecule has 0 radical (unpaired) electrons. The Balaban J connectivity index is 2.62. The lowest BCUT2D eigenvalue weighted by Gasteiger charge is -2.45. The van der Waals surface area contributed by atoms with Gasteiger partial charge in [0, 0.05) is 18.1 Å².